The Morgan fingerprint density at radius 1 is 1.41 bits per heavy atom. The maximum atomic E-state index is 5.49. The number of nitrogens with zero attached hydrogens (tertiary/aromatic N) is 2. The van der Waals surface area contributed by atoms with Crippen LogP contribution in [0.25, 0.3) is 0 Å². The largest absolute Gasteiger partial charge is 0.407 e. The van der Waals surface area contributed by atoms with E-state index in [9.17, 15) is 0 Å². The van der Waals surface area contributed by atoms with Gasteiger partial charge in [-0.05, 0) is 32.6 Å². The molecular weight excluding hydrogens is 236 g/mol. The Hall–Kier alpha value is -0.750. The molecule has 5 nitrogen and oxygen atoms in total. The first kappa shape index (κ1) is 12.7. The van der Waals surface area contributed by atoms with Gasteiger partial charge in [0.15, 0.2) is 0 Å². The fraction of sp³-hybridized carbons (Fsp3) is 0.818. The summed E-state index contributed by atoms with van der Waals surface area (Å²) >= 11 is 1.96. The van der Waals surface area contributed by atoms with Crippen molar-refractivity contribution in [1.29, 1.82) is 0 Å². The topological polar surface area (TPSA) is 63.0 Å². The van der Waals surface area contributed by atoms with Crippen LogP contribution in [0.5, 0.6) is 0 Å². The van der Waals surface area contributed by atoms with E-state index in [2.05, 4.69) is 27.1 Å². The lowest BCUT2D eigenvalue weighted by Gasteiger charge is -2.27. The summed E-state index contributed by atoms with van der Waals surface area (Å²) in [4.78, 5) is 0. The fourth-order valence-corrected chi connectivity index (χ4v) is 3.03. The predicted molar refractivity (Wildman–Crippen MR) is 70.2 cm³/mol. The van der Waals surface area contributed by atoms with Crippen molar-refractivity contribution >= 4 is 17.8 Å². The lowest BCUT2D eigenvalue weighted by Crippen LogP contribution is -2.28. The molecule has 2 atom stereocenters. The summed E-state index contributed by atoms with van der Waals surface area (Å²) in [7, 11) is 1.86. The van der Waals surface area contributed by atoms with E-state index in [0.717, 1.165) is 5.25 Å². The van der Waals surface area contributed by atoms with Crippen molar-refractivity contribution in [3.05, 3.63) is 5.89 Å². The Balaban J connectivity index is 1.86. The maximum absolute atomic E-state index is 5.49. The zero-order chi connectivity index (χ0) is 12.1. The van der Waals surface area contributed by atoms with Crippen molar-refractivity contribution in [3.8, 4) is 0 Å². The van der Waals surface area contributed by atoms with E-state index >= 15 is 0 Å². The van der Waals surface area contributed by atoms with Crippen molar-refractivity contribution in [1.82, 2.24) is 15.5 Å². The van der Waals surface area contributed by atoms with Gasteiger partial charge in [-0.1, -0.05) is 11.5 Å². The number of thioether (sulfide) groups is 1. The summed E-state index contributed by atoms with van der Waals surface area (Å²) in [5, 5.41) is 15.1. The number of nitrogens with one attached hydrogen (secondary N) is 2. The molecule has 96 valence electrons. The SMILES string of the molecule is CNCc1nnc(NC2CCCC(SC)C2)o1. The highest BCUT2D eigenvalue weighted by atomic mass is 32.2. The highest BCUT2D eigenvalue weighted by molar-refractivity contribution is 7.99. The van der Waals surface area contributed by atoms with E-state index < -0.39 is 0 Å². The number of hydrogen-bond acceptors (Lipinski definition) is 6. The van der Waals surface area contributed by atoms with Crippen LogP contribution in [0.15, 0.2) is 4.42 Å². The molecule has 0 spiro atoms. The molecule has 0 saturated heterocycles. The molecule has 1 aliphatic rings. The normalized spacial score (nSPS) is 24.8. The van der Waals surface area contributed by atoms with Gasteiger partial charge in [0.1, 0.15) is 0 Å². The van der Waals surface area contributed by atoms with Gasteiger partial charge in [-0.25, -0.2) is 0 Å². The van der Waals surface area contributed by atoms with E-state index in [1.807, 2.05) is 18.8 Å². The molecule has 2 unspecified atom stereocenters. The van der Waals surface area contributed by atoms with E-state index in [-0.39, 0.29) is 0 Å². The molecule has 0 amide bonds. The van der Waals surface area contributed by atoms with Gasteiger partial charge >= 0.3 is 6.01 Å². The first-order chi connectivity index (χ1) is 8.31. The Labute approximate surface area is 106 Å². The monoisotopic (exact) mass is 256 g/mol. The molecule has 0 aromatic carbocycles. The highest BCUT2D eigenvalue weighted by Crippen LogP contribution is 2.28. The molecule has 6 heteroatoms. The zero-order valence-electron chi connectivity index (χ0n) is 10.4. The van der Waals surface area contributed by atoms with Gasteiger partial charge < -0.3 is 15.1 Å². The number of aromatic nitrogens is 2. The van der Waals surface area contributed by atoms with Gasteiger partial charge in [0.2, 0.25) is 5.89 Å². The van der Waals surface area contributed by atoms with E-state index in [1.54, 1.807) is 0 Å². The molecule has 1 saturated carbocycles. The lowest BCUT2D eigenvalue weighted by atomic mass is 9.95. The third kappa shape index (κ3) is 3.61. The molecule has 1 fully saturated rings. The van der Waals surface area contributed by atoms with Crippen LogP contribution >= 0.6 is 11.8 Å². The quantitative estimate of drug-likeness (QED) is 0.838. The Kier molecular flexibility index (Phi) is 4.67. The van der Waals surface area contributed by atoms with Gasteiger partial charge in [0.05, 0.1) is 6.54 Å². The second-order valence-corrected chi connectivity index (χ2v) is 5.53. The molecule has 0 aliphatic heterocycles. The molecule has 2 rings (SSSR count). The second-order valence-electron chi connectivity index (χ2n) is 4.40. The van der Waals surface area contributed by atoms with Crippen molar-refractivity contribution in [2.45, 2.75) is 43.5 Å². The van der Waals surface area contributed by atoms with Gasteiger partial charge in [-0.3, -0.25) is 0 Å². The highest BCUT2D eigenvalue weighted by Gasteiger charge is 2.22. The minimum Gasteiger partial charge on any atom is -0.407 e. The molecular formula is C11H20N4OS. The van der Waals surface area contributed by atoms with Crippen LogP contribution in [-0.2, 0) is 6.54 Å². The Morgan fingerprint density at radius 3 is 3.06 bits per heavy atom. The Bertz CT molecular complexity index is 344. The van der Waals surface area contributed by atoms with E-state index in [4.69, 9.17) is 4.42 Å². The van der Waals surface area contributed by atoms with Crippen LogP contribution in [0.2, 0.25) is 0 Å². The third-order valence-electron chi connectivity index (χ3n) is 3.08. The molecule has 0 radical (unpaired) electrons. The van der Waals surface area contributed by atoms with Gasteiger partial charge in [-0.2, -0.15) is 11.8 Å². The van der Waals surface area contributed by atoms with Crippen LogP contribution < -0.4 is 10.6 Å². The summed E-state index contributed by atoms with van der Waals surface area (Å²) in [5.74, 6) is 0.632. The minimum absolute atomic E-state index is 0.476. The average molecular weight is 256 g/mol. The summed E-state index contributed by atoms with van der Waals surface area (Å²) in [6.07, 6.45) is 7.17. The number of hydrogen-bond donors (Lipinski definition) is 2. The van der Waals surface area contributed by atoms with Gasteiger partial charge in [0, 0.05) is 11.3 Å². The summed E-state index contributed by atoms with van der Waals surface area (Å²) < 4.78 is 5.49. The van der Waals surface area contributed by atoms with Crippen molar-refractivity contribution < 1.29 is 4.42 Å². The summed E-state index contributed by atoms with van der Waals surface area (Å²) in [6, 6.07) is 1.03. The molecule has 1 heterocycles. The van der Waals surface area contributed by atoms with Crippen LogP contribution in [0, 0.1) is 0 Å². The molecule has 17 heavy (non-hydrogen) atoms. The third-order valence-corrected chi connectivity index (χ3v) is 4.18. The predicted octanol–water partition coefficient (Wildman–Crippen LogP) is 1.88. The van der Waals surface area contributed by atoms with Crippen LogP contribution in [0.1, 0.15) is 31.6 Å². The molecule has 1 aromatic rings. The van der Waals surface area contributed by atoms with E-state index in [1.165, 1.54) is 25.7 Å². The standard InChI is InChI=1S/C11H20N4OS/c1-12-7-10-14-15-11(16-10)13-8-4-3-5-9(6-8)17-2/h8-9,12H,3-7H2,1-2H3,(H,13,15). The molecule has 2 N–H and O–H groups in total. The van der Waals surface area contributed by atoms with Crippen LogP contribution in [0.4, 0.5) is 6.01 Å². The van der Waals surface area contributed by atoms with Gasteiger partial charge in [0.25, 0.3) is 0 Å². The average Bonchev–Trinajstić information content (AvgIpc) is 2.77. The van der Waals surface area contributed by atoms with Crippen molar-refractivity contribution in [2.24, 2.45) is 0 Å². The fourth-order valence-electron chi connectivity index (χ4n) is 2.20. The number of anilines is 1. The van der Waals surface area contributed by atoms with Crippen LogP contribution in [0.3, 0.4) is 0 Å². The van der Waals surface area contributed by atoms with Crippen molar-refractivity contribution in [2.75, 3.05) is 18.6 Å². The molecule has 1 aromatic heterocycles. The first-order valence-corrected chi connectivity index (χ1v) is 7.37. The maximum Gasteiger partial charge on any atom is 0.315 e. The molecule has 0 bridgehead atoms. The Morgan fingerprint density at radius 2 is 2.29 bits per heavy atom. The summed E-state index contributed by atoms with van der Waals surface area (Å²) in [5.41, 5.74) is 0. The second kappa shape index (κ2) is 6.26. The van der Waals surface area contributed by atoms with Crippen LogP contribution in [-0.4, -0.2) is 34.8 Å². The molecule has 1 aliphatic carbocycles. The number of rotatable bonds is 5. The lowest BCUT2D eigenvalue weighted by molar-refractivity contribution is 0.445. The minimum atomic E-state index is 0.476. The van der Waals surface area contributed by atoms with E-state index in [0.29, 0.717) is 24.5 Å². The van der Waals surface area contributed by atoms with Crippen molar-refractivity contribution in [3.63, 3.8) is 0 Å². The smallest absolute Gasteiger partial charge is 0.315 e. The summed E-state index contributed by atoms with van der Waals surface area (Å²) in [6.45, 7) is 0.618. The zero-order valence-corrected chi connectivity index (χ0v) is 11.2. The van der Waals surface area contributed by atoms with Gasteiger partial charge in [-0.15, -0.1) is 5.10 Å². The first-order valence-electron chi connectivity index (χ1n) is 6.08.